The van der Waals surface area contributed by atoms with E-state index in [0.717, 1.165) is 29.5 Å². The number of aliphatic carboxylic acids is 1. The molecule has 0 bridgehead atoms. The predicted molar refractivity (Wildman–Crippen MR) is 95.0 cm³/mol. The molecule has 10 heteroatoms. The Hall–Kier alpha value is -2.98. The molecule has 1 amide bonds. The number of amides is 1. The number of nitrogens with zero attached hydrogens (tertiary/aromatic N) is 2. The van der Waals surface area contributed by atoms with E-state index < -0.39 is 46.3 Å². The van der Waals surface area contributed by atoms with E-state index in [1.165, 1.54) is 13.1 Å². The molecule has 0 saturated heterocycles. The summed E-state index contributed by atoms with van der Waals surface area (Å²) in [6.45, 7) is 0. The number of fused-ring (bicyclic) bond motifs is 2. The molecule has 2 unspecified atom stereocenters. The summed E-state index contributed by atoms with van der Waals surface area (Å²) in [6, 6.07) is 5.20. The fourth-order valence-corrected chi connectivity index (χ4v) is 4.24. The molecule has 144 valence electrons. The lowest BCUT2D eigenvalue weighted by Gasteiger charge is -2.36. The van der Waals surface area contributed by atoms with Crippen LogP contribution in [-0.2, 0) is 9.59 Å². The summed E-state index contributed by atoms with van der Waals surface area (Å²) in [5.41, 5.74) is 0.0930. The molecular formula is C18H12F3N2O4S+. The molecule has 6 nitrogen and oxygen atoms in total. The number of carbonyl (C=O) groups excluding carboxylic acids is 1. The molecule has 3 aromatic rings. The summed E-state index contributed by atoms with van der Waals surface area (Å²) in [5.74, 6) is -4.16. The maximum Gasteiger partial charge on any atom is 0.367 e. The number of rotatable bonds is 3. The van der Waals surface area contributed by atoms with E-state index in [1.54, 1.807) is 0 Å². The molecule has 0 radical (unpaired) electrons. The minimum absolute atomic E-state index is 0.00359. The first-order valence-electron chi connectivity index (χ1n) is 8.06. The summed E-state index contributed by atoms with van der Waals surface area (Å²) in [5, 5.41) is 9.13. The Morgan fingerprint density at radius 2 is 2.00 bits per heavy atom. The third kappa shape index (κ3) is 2.72. The number of carboxylic acid groups (broad SMARTS) is 1. The molecule has 0 aliphatic carbocycles. The van der Waals surface area contributed by atoms with Crippen LogP contribution in [0, 0.1) is 17.5 Å². The van der Waals surface area contributed by atoms with Gasteiger partial charge in [0.1, 0.15) is 17.5 Å². The van der Waals surface area contributed by atoms with Gasteiger partial charge in [0.05, 0.1) is 23.7 Å². The van der Waals surface area contributed by atoms with E-state index >= 15 is 0 Å². The molecule has 1 N–H and O–H groups in total. The quantitative estimate of drug-likeness (QED) is 0.667. The molecule has 4 rings (SSSR count). The predicted octanol–water partition coefficient (Wildman–Crippen LogP) is 3.74. The van der Waals surface area contributed by atoms with Crippen LogP contribution in [0.4, 0.5) is 24.0 Å². The minimum atomic E-state index is -1.35. The van der Waals surface area contributed by atoms with Crippen molar-refractivity contribution in [2.24, 2.45) is 0 Å². The van der Waals surface area contributed by atoms with Gasteiger partial charge in [-0.1, -0.05) is 11.3 Å². The highest BCUT2D eigenvalue weighted by molar-refractivity contribution is 7.22. The largest absolute Gasteiger partial charge is 0.481 e. The molecule has 2 aromatic carbocycles. The number of carboxylic acids is 1. The number of ether oxygens (including phenoxy) is 1. The van der Waals surface area contributed by atoms with Crippen molar-refractivity contribution >= 4 is 44.2 Å². The summed E-state index contributed by atoms with van der Waals surface area (Å²) in [4.78, 5) is 28.5. The number of likely N-dealkylation sites (N-methyl/N-ethyl adjacent to an activating group) is 1. The molecule has 0 fully saturated rings. The Kier molecular flexibility index (Phi) is 4.12. The normalized spacial score (nSPS) is 21.4. The van der Waals surface area contributed by atoms with Crippen LogP contribution in [0.15, 0.2) is 30.3 Å². The zero-order valence-corrected chi connectivity index (χ0v) is 15.1. The van der Waals surface area contributed by atoms with Gasteiger partial charge in [0.2, 0.25) is 6.10 Å². The first kappa shape index (κ1) is 18.4. The number of thiazole rings is 1. The fraction of sp³-hybridized carbons (Fsp3) is 0.167. The van der Waals surface area contributed by atoms with Gasteiger partial charge in [0.25, 0.3) is 5.13 Å². The van der Waals surface area contributed by atoms with Crippen LogP contribution in [-0.4, -0.2) is 35.1 Å². The van der Waals surface area contributed by atoms with Crippen molar-refractivity contribution in [3.05, 3.63) is 47.8 Å². The van der Waals surface area contributed by atoms with Crippen LogP contribution in [0.25, 0.3) is 10.2 Å². The van der Waals surface area contributed by atoms with Crippen molar-refractivity contribution in [3.63, 3.8) is 0 Å². The number of benzene rings is 2. The second kappa shape index (κ2) is 6.28. The van der Waals surface area contributed by atoms with Gasteiger partial charge >= 0.3 is 11.9 Å². The van der Waals surface area contributed by atoms with Crippen LogP contribution in [0.1, 0.15) is 6.42 Å². The average molecular weight is 409 g/mol. The summed E-state index contributed by atoms with van der Waals surface area (Å²) in [6.07, 6.45) is -1.97. The minimum Gasteiger partial charge on any atom is -0.481 e. The van der Waals surface area contributed by atoms with Crippen LogP contribution in [0.5, 0.6) is 5.75 Å². The third-order valence-electron chi connectivity index (χ3n) is 4.53. The Morgan fingerprint density at radius 3 is 2.71 bits per heavy atom. The van der Waals surface area contributed by atoms with E-state index in [4.69, 9.17) is 9.84 Å². The van der Waals surface area contributed by atoms with Gasteiger partial charge in [-0.2, -0.15) is 9.47 Å². The SMILES string of the molecule is C[N+]1(c2nc3cc(F)cc(F)c3s2)C(=O)C(CC(=O)O)Oc2ccc(F)cc21. The van der Waals surface area contributed by atoms with Crippen molar-refractivity contribution in [3.8, 4) is 5.75 Å². The highest BCUT2D eigenvalue weighted by Gasteiger charge is 2.52. The summed E-state index contributed by atoms with van der Waals surface area (Å²) < 4.78 is 46.4. The highest BCUT2D eigenvalue weighted by Crippen LogP contribution is 2.47. The topological polar surface area (TPSA) is 76.5 Å². The number of aromatic nitrogens is 1. The van der Waals surface area contributed by atoms with Gasteiger partial charge in [-0.05, 0) is 12.1 Å². The molecule has 1 aliphatic heterocycles. The van der Waals surface area contributed by atoms with E-state index in [1.807, 2.05) is 0 Å². The maximum absolute atomic E-state index is 14.1. The zero-order chi connectivity index (χ0) is 20.2. The molecular weight excluding hydrogens is 397 g/mol. The maximum atomic E-state index is 14.1. The second-order valence-corrected chi connectivity index (χ2v) is 7.37. The molecule has 0 spiro atoms. The third-order valence-corrected chi connectivity index (χ3v) is 5.78. The summed E-state index contributed by atoms with van der Waals surface area (Å²) >= 11 is 0.805. The first-order chi connectivity index (χ1) is 13.2. The lowest BCUT2D eigenvalue weighted by atomic mass is 10.1. The van der Waals surface area contributed by atoms with Crippen molar-refractivity contribution in [1.82, 2.24) is 9.47 Å². The smallest absolute Gasteiger partial charge is 0.367 e. The molecule has 2 atom stereocenters. The van der Waals surface area contributed by atoms with E-state index in [0.29, 0.717) is 6.07 Å². The Balaban J connectivity index is 1.97. The molecule has 0 saturated carbocycles. The number of hydrogen-bond donors (Lipinski definition) is 1. The van der Waals surface area contributed by atoms with Gasteiger partial charge in [-0.3, -0.25) is 4.79 Å². The molecule has 28 heavy (non-hydrogen) atoms. The van der Waals surface area contributed by atoms with E-state index in [-0.39, 0.29) is 26.8 Å². The number of halogens is 3. The van der Waals surface area contributed by atoms with Gasteiger partial charge in [-0.25, -0.2) is 18.0 Å². The standard InChI is InChI=1S/C18H11F3N2O4S/c1-23(18-22-11-5-9(20)4-10(21)16(11)28-18)12-6-8(19)2-3-13(12)27-14(17(23)26)7-15(24)25/h2-6,14H,7H2,1H3/p+1. The van der Waals surface area contributed by atoms with Crippen LogP contribution >= 0.6 is 11.3 Å². The van der Waals surface area contributed by atoms with Crippen molar-refractivity contribution < 1.29 is 32.6 Å². The second-order valence-electron chi connectivity index (χ2n) is 6.39. The number of quaternary nitrogens is 1. The Morgan fingerprint density at radius 1 is 1.25 bits per heavy atom. The monoisotopic (exact) mass is 409 g/mol. The van der Waals surface area contributed by atoms with Crippen molar-refractivity contribution in [2.45, 2.75) is 12.5 Å². The molecule has 1 aromatic heterocycles. The van der Waals surface area contributed by atoms with Gasteiger partial charge in [0.15, 0.2) is 11.4 Å². The highest BCUT2D eigenvalue weighted by atomic mass is 32.1. The fourth-order valence-electron chi connectivity index (χ4n) is 3.17. The van der Waals surface area contributed by atoms with Crippen LogP contribution in [0.3, 0.4) is 0 Å². The van der Waals surface area contributed by atoms with E-state index in [2.05, 4.69) is 4.98 Å². The van der Waals surface area contributed by atoms with Crippen LogP contribution in [0.2, 0.25) is 0 Å². The van der Waals surface area contributed by atoms with Gasteiger partial charge in [-0.15, -0.1) is 0 Å². The van der Waals surface area contributed by atoms with E-state index in [9.17, 15) is 22.8 Å². The molecule has 2 heterocycles. The number of hydrogen-bond acceptors (Lipinski definition) is 5. The first-order valence-corrected chi connectivity index (χ1v) is 8.87. The summed E-state index contributed by atoms with van der Waals surface area (Å²) in [7, 11) is 1.39. The Labute approximate surface area is 160 Å². The van der Waals surface area contributed by atoms with Crippen LogP contribution < -0.4 is 9.22 Å². The van der Waals surface area contributed by atoms with Crippen molar-refractivity contribution in [2.75, 3.05) is 7.05 Å². The molecule has 1 aliphatic rings. The van der Waals surface area contributed by atoms with Crippen molar-refractivity contribution in [1.29, 1.82) is 0 Å². The lowest BCUT2D eigenvalue weighted by molar-refractivity contribution is -0.146. The lowest BCUT2D eigenvalue weighted by Crippen LogP contribution is -2.56. The number of carbonyl (C=O) groups is 2. The van der Waals surface area contributed by atoms with Gasteiger partial charge in [0, 0.05) is 18.2 Å². The van der Waals surface area contributed by atoms with Gasteiger partial charge < -0.3 is 9.84 Å². The zero-order valence-electron chi connectivity index (χ0n) is 14.3. The average Bonchev–Trinajstić information content (AvgIpc) is 3.04. The Bertz CT molecular complexity index is 1150.